The Morgan fingerprint density at radius 2 is 1.88 bits per heavy atom. The van der Waals surface area contributed by atoms with E-state index in [0.717, 1.165) is 6.42 Å². The molecule has 0 spiro atoms. The molecule has 0 aliphatic rings. The van der Waals surface area contributed by atoms with Gasteiger partial charge in [-0.15, -0.1) is 0 Å². The Labute approximate surface area is 98.1 Å². The first-order valence-electron chi connectivity index (χ1n) is 5.97. The van der Waals surface area contributed by atoms with Crippen LogP contribution in [0.25, 0.3) is 0 Å². The van der Waals surface area contributed by atoms with Gasteiger partial charge in [-0.1, -0.05) is 44.2 Å². The van der Waals surface area contributed by atoms with Crippen LogP contribution in [-0.2, 0) is 4.79 Å². The Kier molecular flexibility index (Phi) is 5.03. The topological polar surface area (TPSA) is 29.1 Å². The summed E-state index contributed by atoms with van der Waals surface area (Å²) >= 11 is 0. The molecule has 1 N–H and O–H groups in total. The predicted molar refractivity (Wildman–Crippen MR) is 67.4 cm³/mol. The van der Waals surface area contributed by atoms with Crippen LogP contribution in [0, 0.1) is 0 Å². The van der Waals surface area contributed by atoms with Crippen LogP contribution >= 0.6 is 0 Å². The average Bonchev–Trinajstić information content (AvgIpc) is 2.29. The minimum absolute atomic E-state index is 0.144. The highest BCUT2D eigenvalue weighted by molar-refractivity contribution is 5.77. The van der Waals surface area contributed by atoms with Crippen molar-refractivity contribution in [1.29, 1.82) is 0 Å². The van der Waals surface area contributed by atoms with E-state index in [1.54, 1.807) is 0 Å². The van der Waals surface area contributed by atoms with Crippen LogP contribution in [0.2, 0.25) is 0 Å². The van der Waals surface area contributed by atoms with E-state index >= 15 is 0 Å². The molecule has 0 bridgehead atoms. The third kappa shape index (κ3) is 4.05. The number of rotatable bonds is 5. The molecule has 2 nitrogen and oxygen atoms in total. The van der Waals surface area contributed by atoms with E-state index in [4.69, 9.17) is 0 Å². The summed E-state index contributed by atoms with van der Waals surface area (Å²) in [5.41, 5.74) is 1.22. The molecular formula is C14H21NO. The molecule has 2 atom stereocenters. The van der Waals surface area contributed by atoms with E-state index < -0.39 is 0 Å². The first-order chi connectivity index (χ1) is 7.63. The summed E-state index contributed by atoms with van der Waals surface area (Å²) < 4.78 is 0. The van der Waals surface area contributed by atoms with Gasteiger partial charge in [0.2, 0.25) is 5.91 Å². The summed E-state index contributed by atoms with van der Waals surface area (Å²) in [6.07, 6.45) is 1.54. The molecule has 0 heterocycles. The second kappa shape index (κ2) is 6.31. The van der Waals surface area contributed by atoms with Crippen molar-refractivity contribution in [3.05, 3.63) is 35.9 Å². The van der Waals surface area contributed by atoms with Crippen molar-refractivity contribution in [3.8, 4) is 0 Å². The fraction of sp³-hybridized carbons (Fsp3) is 0.500. The standard InChI is InChI=1S/C14H21NO/c1-4-12(3)15-14(16)10-11(2)13-8-6-5-7-9-13/h5-9,11-12H,4,10H2,1-3H3,(H,15,16). The molecule has 0 fully saturated rings. The van der Waals surface area contributed by atoms with Gasteiger partial charge in [0.15, 0.2) is 0 Å². The minimum Gasteiger partial charge on any atom is -0.354 e. The van der Waals surface area contributed by atoms with E-state index in [-0.39, 0.29) is 17.9 Å². The molecule has 0 aliphatic heterocycles. The summed E-state index contributed by atoms with van der Waals surface area (Å²) in [6, 6.07) is 10.4. The van der Waals surface area contributed by atoms with Gasteiger partial charge in [0.1, 0.15) is 0 Å². The van der Waals surface area contributed by atoms with Crippen LogP contribution < -0.4 is 5.32 Å². The lowest BCUT2D eigenvalue weighted by Gasteiger charge is -2.15. The van der Waals surface area contributed by atoms with Crippen molar-refractivity contribution in [3.63, 3.8) is 0 Å². The molecule has 1 aromatic rings. The van der Waals surface area contributed by atoms with Gasteiger partial charge in [0.25, 0.3) is 0 Å². The first kappa shape index (κ1) is 12.8. The Balaban J connectivity index is 2.46. The highest BCUT2D eigenvalue weighted by atomic mass is 16.1. The fourth-order valence-corrected chi connectivity index (χ4v) is 1.61. The normalized spacial score (nSPS) is 14.2. The van der Waals surface area contributed by atoms with Crippen molar-refractivity contribution in [2.24, 2.45) is 0 Å². The van der Waals surface area contributed by atoms with Crippen LogP contribution in [-0.4, -0.2) is 11.9 Å². The first-order valence-corrected chi connectivity index (χ1v) is 5.97. The second-order valence-electron chi connectivity index (χ2n) is 4.39. The number of hydrogen-bond acceptors (Lipinski definition) is 1. The lowest BCUT2D eigenvalue weighted by molar-refractivity contribution is -0.122. The van der Waals surface area contributed by atoms with Crippen LogP contribution in [0.1, 0.15) is 45.1 Å². The molecule has 0 radical (unpaired) electrons. The zero-order valence-corrected chi connectivity index (χ0v) is 10.4. The summed E-state index contributed by atoms with van der Waals surface area (Å²) in [5, 5.41) is 2.99. The third-order valence-electron chi connectivity index (χ3n) is 2.88. The number of carbonyl (C=O) groups excluding carboxylic acids is 1. The summed E-state index contributed by atoms with van der Waals surface area (Å²) in [5.74, 6) is 0.427. The highest BCUT2D eigenvalue weighted by Crippen LogP contribution is 2.18. The Hall–Kier alpha value is -1.31. The number of carbonyl (C=O) groups is 1. The third-order valence-corrected chi connectivity index (χ3v) is 2.88. The fourth-order valence-electron chi connectivity index (χ4n) is 1.61. The van der Waals surface area contributed by atoms with Gasteiger partial charge in [-0.25, -0.2) is 0 Å². The van der Waals surface area contributed by atoms with E-state index in [0.29, 0.717) is 6.42 Å². The molecule has 1 amide bonds. The quantitative estimate of drug-likeness (QED) is 0.810. The van der Waals surface area contributed by atoms with Crippen LogP contribution in [0.15, 0.2) is 30.3 Å². The number of hydrogen-bond donors (Lipinski definition) is 1. The average molecular weight is 219 g/mol. The molecule has 16 heavy (non-hydrogen) atoms. The molecule has 1 aromatic carbocycles. The van der Waals surface area contributed by atoms with Gasteiger partial charge in [-0.2, -0.15) is 0 Å². The summed E-state index contributed by atoms with van der Waals surface area (Å²) in [6.45, 7) is 6.20. The maximum atomic E-state index is 11.7. The maximum absolute atomic E-state index is 11.7. The molecule has 0 saturated heterocycles. The SMILES string of the molecule is CCC(C)NC(=O)CC(C)c1ccccc1. The van der Waals surface area contributed by atoms with Gasteiger partial charge in [0, 0.05) is 12.5 Å². The van der Waals surface area contributed by atoms with E-state index in [2.05, 4.69) is 31.3 Å². The molecule has 0 aliphatic carbocycles. The maximum Gasteiger partial charge on any atom is 0.220 e. The van der Waals surface area contributed by atoms with Gasteiger partial charge in [-0.3, -0.25) is 4.79 Å². The molecule has 2 unspecified atom stereocenters. The zero-order chi connectivity index (χ0) is 12.0. The summed E-state index contributed by atoms with van der Waals surface area (Å²) in [7, 11) is 0. The monoisotopic (exact) mass is 219 g/mol. The van der Waals surface area contributed by atoms with Crippen LogP contribution in [0.5, 0.6) is 0 Å². The number of amides is 1. The molecular weight excluding hydrogens is 198 g/mol. The Morgan fingerprint density at radius 3 is 2.44 bits per heavy atom. The van der Waals surface area contributed by atoms with Gasteiger partial charge >= 0.3 is 0 Å². The van der Waals surface area contributed by atoms with Crippen molar-refractivity contribution < 1.29 is 4.79 Å². The van der Waals surface area contributed by atoms with Gasteiger partial charge in [-0.05, 0) is 24.8 Å². The molecule has 0 aromatic heterocycles. The lowest BCUT2D eigenvalue weighted by atomic mass is 9.97. The van der Waals surface area contributed by atoms with Crippen LogP contribution in [0.3, 0.4) is 0 Å². The minimum atomic E-state index is 0.144. The van der Waals surface area contributed by atoms with Crippen molar-refractivity contribution >= 4 is 5.91 Å². The highest BCUT2D eigenvalue weighted by Gasteiger charge is 2.11. The van der Waals surface area contributed by atoms with Crippen molar-refractivity contribution in [1.82, 2.24) is 5.32 Å². The van der Waals surface area contributed by atoms with Crippen molar-refractivity contribution in [2.45, 2.75) is 45.6 Å². The second-order valence-corrected chi connectivity index (χ2v) is 4.39. The molecule has 2 heteroatoms. The van der Waals surface area contributed by atoms with E-state index in [1.165, 1.54) is 5.56 Å². The smallest absolute Gasteiger partial charge is 0.220 e. The van der Waals surface area contributed by atoms with E-state index in [1.807, 2.05) is 25.1 Å². The Morgan fingerprint density at radius 1 is 1.25 bits per heavy atom. The van der Waals surface area contributed by atoms with Crippen LogP contribution in [0.4, 0.5) is 0 Å². The summed E-state index contributed by atoms with van der Waals surface area (Å²) in [4.78, 5) is 11.7. The molecule has 1 rings (SSSR count). The predicted octanol–water partition coefficient (Wildman–Crippen LogP) is 3.09. The Bertz CT molecular complexity index is 321. The van der Waals surface area contributed by atoms with Gasteiger partial charge in [0.05, 0.1) is 0 Å². The van der Waals surface area contributed by atoms with Crippen molar-refractivity contribution in [2.75, 3.05) is 0 Å². The largest absolute Gasteiger partial charge is 0.354 e. The lowest BCUT2D eigenvalue weighted by Crippen LogP contribution is -2.32. The number of nitrogens with one attached hydrogen (secondary N) is 1. The zero-order valence-electron chi connectivity index (χ0n) is 10.4. The number of benzene rings is 1. The molecule has 88 valence electrons. The van der Waals surface area contributed by atoms with Gasteiger partial charge < -0.3 is 5.32 Å². The molecule has 0 saturated carbocycles. The van der Waals surface area contributed by atoms with E-state index in [9.17, 15) is 4.79 Å².